The number of alkyl carbamates (subject to hydrolysis) is 1. The quantitative estimate of drug-likeness (QED) is 0.817. The summed E-state index contributed by atoms with van der Waals surface area (Å²) in [5.74, 6) is -0.00434. The maximum Gasteiger partial charge on any atom is 0.407 e. The highest BCUT2D eigenvalue weighted by Gasteiger charge is 2.26. The van der Waals surface area contributed by atoms with Crippen LogP contribution in [-0.4, -0.2) is 52.9 Å². The second-order valence-electron chi connectivity index (χ2n) is 7.50. The number of aromatic amines is 1. The Labute approximate surface area is 148 Å². The average molecular weight is 349 g/mol. The minimum Gasteiger partial charge on any atom is -0.444 e. The highest BCUT2D eigenvalue weighted by molar-refractivity contribution is 5.99. The average Bonchev–Trinajstić information content (AvgIpc) is 3.01. The number of rotatable bonds is 4. The van der Waals surface area contributed by atoms with Crippen molar-refractivity contribution in [2.75, 3.05) is 19.6 Å². The minimum absolute atomic E-state index is 0.0756. The molecule has 1 fully saturated rings. The van der Waals surface area contributed by atoms with E-state index in [1.165, 1.54) is 6.92 Å². The smallest absolute Gasteiger partial charge is 0.407 e. The topological polar surface area (TPSA) is 91.5 Å². The summed E-state index contributed by atoms with van der Waals surface area (Å²) in [5, 5.41) is 2.78. The first kappa shape index (κ1) is 19.0. The van der Waals surface area contributed by atoms with Crippen molar-refractivity contribution in [3.05, 3.63) is 23.5 Å². The molecule has 0 bridgehead atoms. The molecule has 1 aromatic heterocycles. The Hall–Kier alpha value is -2.31. The lowest BCUT2D eigenvalue weighted by Gasteiger charge is -2.32. The predicted molar refractivity (Wildman–Crippen MR) is 93.7 cm³/mol. The Morgan fingerprint density at radius 2 is 2.08 bits per heavy atom. The lowest BCUT2D eigenvalue weighted by atomic mass is 9.97. The van der Waals surface area contributed by atoms with Gasteiger partial charge in [-0.25, -0.2) is 4.79 Å². The van der Waals surface area contributed by atoms with E-state index in [0.717, 1.165) is 12.8 Å². The van der Waals surface area contributed by atoms with Crippen molar-refractivity contribution in [1.82, 2.24) is 15.2 Å². The summed E-state index contributed by atoms with van der Waals surface area (Å²) in [6.45, 7) is 8.65. The van der Waals surface area contributed by atoms with Gasteiger partial charge in [-0.2, -0.15) is 0 Å². The molecule has 7 heteroatoms. The molecule has 25 heavy (non-hydrogen) atoms. The lowest BCUT2D eigenvalue weighted by molar-refractivity contribution is 0.0502. The highest BCUT2D eigenvalue weighted by atomic mass is 16.6. The van der Waals surface area contributed by atoms with Crippen LogP contribution in [0.1, 0.15) is 61.4 Å². The Morgan fingerprint density at radius 1 is 1.36 bits per heavy atom. The van der Waals surface area contributed by atoms with Gasteiger partial charge >= 0.3 is 6.09 Å². The van der Waals surface area contributed by atoms with Crippen LogP contribution >= 0.6 is 0 Å². The predicted octanol–water partition coefficient (Wildman–Crippen LogP) is 2.59. The van der Waals surface area contributed by atoms with E-state index in [9.17, 15) is 14.4 Å². The van der Waals surface area contributed by atoms with Crippen molar-refractivity contribution in [2.45, 2.75) is 46.1 Å². The Balaban J connectivity index is 1.88. The van der Waals surface area contributed by atoms with Gasteiger partial charge in [0.2, 0.25) is 0 Å². The number of carbonyl (C=O) groups excluding carboxylic acids is 3. The van der Waals surface area contributed by atoms with Gasteiger partial charge in [-0.3, -0.25) is 9.59 Å². The third-order valence-corrected chi connectivity index (χ3v) is 4.06. The molecule has 1 saturated heterocycles. The van der Waals surface area contributed by atoms with Crippen LogP contribution in [0.15, 0.2) is 12.3 Å². The highest BCUT2D eigenvalue weighted by Crippen LogP contribution is 2.18. The summed E-state index contributed by atoms with van der Waals surface area (Å²) in [7, 11) is 0. The molecule has 0 spiro atoms. The van der Waals surface area contributed by atoms with Crippen LogP contribution in [0.4, 0.5) is 4.79 Å². The van der Waals surface area contributed by atoms with Crippen LogP contribution < -0.4 is 5.32 Å². The Bertz CT molecular complexity index is 645. The largest absolute Gasteiger partial charge is 0.444 e. The first-order valence-corrected chi connectivity index (χ1v) is 8.61. The van der Waals surface area contributed by atoms with Gasteiger partial charge in [0.05, 0.1) is 0 Å². The van der Waals surface area contributed by atoms with Crippen molar-refractivity contribution in [2.24, 2.45) is 5.92 Å². The second kappa shape index (κ2) is 7.72. The number of ketones is 1. The summed E-state index contributed by atoms with van der Waals surface area (Å²) < 4.78 is 5.23. The van der Waals surface area contributed by atoms with E-state index in [4.69, 9.17) is 4.74 Å². The number of hydrogen-bond acceptors (Lipinski definition) is 4. The maximum absolute atomic E-state index is 12.6. The third-order valence-electron chi connectivity index (χ3n) is 4.06. The lowest BCUT2D eigenvalue weighted by Crippen LogP contribution is -2.44. The Kier molecular flexibility index (Phi) is 5.87. The third kappa shape index (κ3) is 5.62. The maximum atomic E-state index is 12.6. The number of carbonyl (C=O) groups is 3. The molecule has 2 amide bonds. The number of nitrogens with zero attached hydrogens (tertiary/aromatic N) is 1. The molecule has 1 aromatic rings. The normalized spacial score (nSPS) is 17.9. The molecule has 2 heterocycles. The zero-order chi connectivity index (χ0) is 18.6. The summed E-state index contributed by atoms with van der Waals surface area (Å²) in [5.41, 5.74) is 0.398. The molecule has 1 aliphatic heterocycles. The number of Topliss-reactive ketones (excluding diaryl/α,β-unsaturated/α-hetero) is 1. The first-order chi connectivity index (χ1) is 11.7. The van der Waals surface area contributed by atoms with Gasteiger partial charge in [-0.15, -0.1) is 0 Å². The molecular formula is C18H27N3O4. The van der Waals surface area contributed by atoms with E-state index < -0.39 is 11.7 Å². The first-order valence-electron chi connectivity index (χ1n) is 8.61. The molecule has 2 rings (SSSR count). The standard InChI is InChI=1S/C18H27N3O4/c1-12(22)14-8-15(19-10-14)16(23)21-7-5-6-13(11-21)9-20-17(24)25-18(2,3)4/h8,10,13,19H,5-7,9,11H2,1-4H3,(H,20,24). The number of nitrogens with one attached hydrogen (secondary N) is 2. The van der Waals surface area contributed by atoms with Crippen molar-refractivity contribution in [3.8, 4) is 0 Å². The van der Waals surface area contributed by atoms with Crippen LogP contribution in [0.3, 0.4) is 0 Å². The molecule has 1 atom stereocenters. The molecule has 1 aliphatic rings. The van der Waals surface area contributed by atoms with Gasteiger partial charge in [0.25, 0.3) is 5.91 Å². The van der Waals surface area contributed by atoms with E-state index in [1.54, 1.807) is 17.2 Å². The number of aromatic nitrogens is 1. The second-order valence-corrected chi connectivity index (χ2v) is 7.50. The molecule has 2 N–H and O–H groups in total. The van der Waals surface area contributed by atoms with Crippen LogP contribution in [-0.2, 0) is 4.74 Å². The molecular weight excluding hydrogens is 322 g/mol. The summed E-state index contributed by atoms with van der Waals surface area (Å²) in [4.78, 5) is 40.3. The van der Waals surface area contributed by atoms with E-state index in [0.29, 0.717) is 30.9 Å². The van der Waals surface area contributed by atoms with Gasteiger partial charge in [0, 0.05) is 31.4 Å². The SMILES string of the molecule is CC(=O)c1c[nH]c(C(=O)N2CCCC(CNC(=O)OC(C)(C)C)C2)c1. The van der Waals surface area contributed by atoms with Crippen LogP contribution in [0.2, 0.25) is 0 Å². The van der Waals surface area contributed by atoms with Gasteiger partial charge in [-0.05, 0) is 52.5 Å². The molecule has 0 saturated carbocycles. The van der Waals surface area contributed by atoms with Crippen molar-refractivity contribution in [3.63, 3.8) is 0 Å². The van der Waals surface area contributed by atoms with E-state index in [1.807, 2.05) is 20.8 Å². The van der Waals surface area contributed by atoms with Gasteiger partial charge in [-0.1, -0.05) is 0 Å². The molecule has 0 radical (unpaired) electrons. The van der Waals surface area contributed by atoms with Gasteiger partial charge < -0.3 is 19.9 Å². The number of H-pyrrole nitrogens is 1. The molecule has 1 unspecified atom stereocenters. The van der Waals surface area contributed by atoms with Crippen LogP contribution in [0, 0.1) is 5.92 Å². The Morgan fingerprint density at radius 3 is 2.68 bits per heavy atom. The molecule has 0 aliphatic carbocycles. The number of likely N-dealkylation sites (tertiary alicyclic amines) is 1. The van der Waals surface area contributed by atoms with Crippen molar-refractivity contribution in [1.29, 1.82) is 0 Å². The summed E-state index contributed by atoms with van der Waals surface area (Å²) in [6, 6.07) is 1.59. The summed E-state index contributed by atoms with van der Waals surface area (Å²) >= 11 is 0. The molecule has 138 valence electrons. The van der Waals surface area contributed by atoms with Gasteiger partial charge in [0.1, 0.15) is 11.3 Å². The molecule has 7 nitrogen and oxygen atoms in total. The van der Waals surface area contributed by atoms with Gasteiger partial charge in [0.15, 0.2) is 5.78 Å². The van der Waals surface area contributed by atoms with E-state index in [2.05, 4.69) is 10.3 Å². The number of amides is 2. The number of piperidine rings is 1. The fraction of sp³-hybridized carbons (Fsp3) is 0.611. The van der Waals surface area contributed by atoms with E-state index in [-0.39, 0.29) is 17.6 Å². The van der Waals surface area contributed by atoms with Crippen molar-refractivity contribution < 1.29 is 19.1 Å². The number of ether oxygens (including phenoxy) is 1. The minimum atomic E-state index is -0.527. The monoisotopic (exact) mass is 349 g/mol. The molecule has 0 aromatic carbocycles. The van der Waals surface area contributed by atoms with E-state index >= 15 is 0 Å². The zero-order valence-electron chi connectivity index (χ0n) is 15.3. The fourth-order valence-corrected chi connectivity index (χ4v) is 2.85. The summed E-state index contributed by atoms with van der Waals surface area (Å²) in [6.07, 6.45) is 2.95. The van der Waals surface area contributed by atoms with Crippen molar-refractivity contribution >= 4 is 17.8 Å². The fourth-order valence-electron chi connectivity index (χ4n) is 2.85. The zero-order valence-corrected chi connectivity index (χ0v) is 15.3. The number of hydrogen-bond donors (Lipinski definition) is 2. The van der Waals surface area contributed by atoms with Crippen LogP contribution in [0.25, 0.3) is 0 Å². The van der Waals surface area contributed by atoms with Crippen LogP contribution in [0.5, 0.6) is 0 Å².